The molecule has 1 aliphatic rings. The third-order valence-electron chi connectivity index (χ3n) is 5.17. The Kier molecular flexibility index (Phi) is 6.45. The van der Waals surface area contributed by atoms with Gasteiger partial charge in [-0.15, -0.1) is 0 Å². The zero-order chi connectivity index (χ0) is 18.4. The van der Waals surface area contributed by atoms with Gasteiger partial charge in [0, 0.05) is 18.2 Å². The summed E-state index contributed by atoms with van der Waals surface area (Å²) >= 11 is 0. The molecule has 2 heterocycles. The molecule has 0 radical (unpaired) electrons. The predicted octanol–water partition coefficient (Wildman–Crippen LogP) is 3.05. The van der Waals surface area contributed by atoms with Crippen molar-refractivity contribution >= 4 is 5.91 Å². The number of amides is 1. The van der Waals surface area contributed by atoms with Crippen molar-refractivity contribution in [2.45, 2.75) is 52.0 Å². The maximum Gasteiger partial charge on any atom is 0.224 e. The first-order chi connectivity index (χ1) is 12.6. The van der Waals surface area contributed by atoms with Crippen molar-refractivity contribution < 1.29 is 9.32 Å². The predicted molar refractivity (Wildman–Crippen MR) is 102 cm³/mol. The molecule has 26 heavy (non-hydrogen) atoms. The van der Waals surface area contributed by atoms with E-state index < -0.39 is 0 Å². The Morgan fingerprint density at radius 1 is 1.31 bits per heavy atom. The van der Waals surface area contributed by atoms with Gasteiger partial charge in [0.15, 0.2) is 0 Å². The average molecular weight is 355 g/mol. The normalized spacial score (nSPS) is 18.0. The molecule has 0 saturated carbocycles. The van der Waals surface area contributed by atoms with E-state index in [1.165, 1.54) is 5.56 Å². The molecule has 1 N–H and O–H groups in total. The van der Waals surface area contributed by atoms with E-state index in [1.807, 2.05) is 13.8 Å². The maximum absolute atomic E-state index is 12.4. The Labute approximate surface area is 155 Å². The first-order valence-electron chi connectivity index (χ1n) is 9.59. The summed E-state index contributed by atoms with van der Waals surface area (Å²) in [6.45, 7) is 6.91. The van der Waals surface area contributed by atoms with Crippen molar-refractivity contribution in [1.29, 1.82) is 0 Å². The van der Waals surface area contributed by atoms with Crippen molar-refractivity contribution in [1.82, 2.24) is 15.4 Å². The summed E-state index contributed by atoms with van der Waals surface area (Å²) in [7, 11) is 0. The van der Waals surface area contributed by atoms with E-state index in [-0.39, 0.29) is 11.9 Å². The fourth-order valence-corrected chi connectivity index (χ4v) is 3.72. The van der Waals surface area contributed by atoms with Crippen molar-refractivity contribution in [3.8, 4) is 0 Å². The van der Waals surface area contributed by atoms with Crippen LogP contribution in [0, 0.1) is 13.8 Å². The number of aromatic nitrogens is 1. The Morgan fingerprint density at radius 3 is 2.85 bits per heavy atom. The first kappa shape index (κ1) is 18.6. The number of rotatable bonds is 7. The Morgan fingerprint density at radius 2 is 2.12 bits per heavy atom. The lowest BCUT2D eigenvalue weighted by atomic mass is 10.0. The highest BCUT2D eigenvalue weighted by molar-refractivity contribution is 5.79. The maximum atomic E-state index is 12.4. The quantitative estimate of drug-likeness (QED) is 0.829. The smallest absolute Gasteiger partial charge is 0.224 e. The number of aryl methyl sites for hydroxylation is 3. The van der Waals surface area contributed by atoms with Crippen LogP contribution in [0.1, 0.15) is 41.8 Å². The van der Waals surface area contributed by atoms with Gasteiger partial charge in [-0.1, -0.05) is 35.5 Å². The highest BCUT2D eigenvalue weighted by Crippen LogP contribution is 2.15. The summed E-state index contributed by atoms with van der Waals surface area (Å²) in [5, 5.41) is 7.12. The van der Waals surface area contributed by atoms with Crippen molar-refractivity contribution in [3.63, 3.8) is 0 Å². The third-order valence-corrected chi connectivity index (χ3v) is 5.17. The van der Waals surface area contributed by atoms with E-state index in [0.29, 0.717) is 6.42 Å². The summed E-state index contributed by atoms with van der Waals surface area (Å²) in [4.78, 5) is 14.9. The number of carbonyl (C=O) groups is 1. The molecular weight excluding hydrogens is 326 g/mol. The van der Waals surface area contributed by atoms with Crippen molar-refractivity contribution in [3.05, 3.63) is 52.9 Å². The molecule has 1 atom stereocenters. The van der Waals surface area contributed by atoms with Gasteiger partial charge in [-0.2, -0.15) is 0 Å². The molecule has 1 saturated heterocycles. The molecule has 1 aromatic carbocycles. The number of nitrogens with zero attached hydrogens (tertiary/aromatic N) is 2. The van der Waals surface area contributed by atoms with Crippen LogP contribution in [0.4, 0.5) is 0 Å². The molecule has 1 amide bonds. The Bertz CT molecular complexity index is 692. The lowest BCUT2D eigenvalue weighted by molar-refractivity contribution is -0.121. The van der Waals surface area contributed by atoms with Crippen molar-refractivity contribution in [2.75, 3.05) is 19.6 Å². The summed E-state index contributed by atoms with van der Waals surface area (Å²) in [6, 6.07) is 10.9. The second-order valence-corrected chi connectivity index (χ2v) is 7.28. The van der Waals surface area contributed by atoms with Gasteiger partial charge in [0.1, 0.15) is 5.76 Å². The summed E-state index contributed by atoms with van der Waals surface area (Å²) in [5.74, 6) is 0.805. The molecule has 0 spiro atoms. The van der Waals surface area contributed by atoms with Crippen LogP contribution in [0.3, 0.4) is 0 Å². The van der Waals surface area contributed by atoms with Crippen LogP contribution < -0.4 is 5.32 Å². The third kappa shape index (κ3) is 5.18. The fraction of sp³-hybridized carbons (Fsp3) is 0.524. The van der Waals surface area contributed by atoms with Crippen LogP contribution in [0.15, 0.2) is 34.9 Å². The number of carbonyl (C=O) groups excluding carboxylic acids is 1. The van der Waals surface area contributed by atoms with Gasteiger partial charge in [0.05, 0.1) is 12.1 Å². The van der Waals surface area contributed by atoms with Gasteiger partial charge < -0.3 is 14.7 Å². The standard InChI is InChI=1S/C21H29N3O2/c1-16-20(17(2)26-23-16)14-21(25)22-19-11-7-13-24(15-19)12-6-10-18-8-4-3-5-9-18/h3-5,8-9,19H,6-7,10-15H2,1-2H3,(H,22,25). The highest BCUT2D eigenvalue weighted by atomic mass is 16.5. The molecule has 0 bridgehead atoms. The van der Waals surface area contributed by atoms with Crippen molar-refractivity contribution in [2.24, 2.45) is 0 Å². The van der Waals surface area contributed by atoms with E-state index in [4.69, 9.17) is 4.52 Å². The van der Waals surface area contributed by atoms with E-state index in [2.05, 4.69) is 45.7 Å². The van der Waals surface area contributed by atoms with E-state index >= 15 is 0 Å². The number of piperidine rings is 1. The monoisotopic (exact) mass is 355 g/mol. The summed E-state index contributed by atoms with van der Waals surface area (Å²) < 4.78 is 5.15. The van der Waals surface area contributed by atoms with Crippen LogP contribution in [-0.4, -0.2) is 41.6 Å². The SMILES string of the molecule is Cc1noc(C)c1CC(=O)NC1CCCN(CCCc2ccccc2)C1. The van der Waals surface area contributed by atoms with E-state index in [0.717, 1.165) is 62.3 Å². The Balaban J connectivity index is 1.42. The molecule has 1 aliphatic heterocycles. The fourth-order valence-electron chi connectivity index (χ4n) is 3.72. The van der Waals surface area contributed by atoms with Crippen LogP contribution in [0.25, 0.3) is 0 Å². The number of hydrogen-bond donors (Lipinski definition) is 1. The topological polar surface area (TPSA) is 58.4 Å². The van der Waals surface area contributed by atoms with Gasteiger partial charge in [-0.3, -0.25) is 4.79 Å². The molecule has 140 valence electrons. The minimum absolute atomic E-state index is 0.0653. The van der Waals surface area contributed by atoms with Gasteiger partial charge in [0.25, 0.3) is 0 Å². The Hall–Kier alpha value is -2.14. The summed E-state index contributed by atoms with van der Waals surface area (Å²) in [6.07, 6.45) is 4.82. The molecule has 1 aromatic heterocycles. The minimum atomic E-state index is 0.0653. The largest absolute Gasteiger partial charge is 0.361 e. The van der Waals surface area contributed by atoms with Crippen LogP contribution >= 0.6 is 0 Å². The molecule has 0 aliphatic carbocycles. The van der Waals surface area contributed by atoms with Gasteiger partial charge in [-0.05, 0) is 58.2 Å². The number of benzene rings is 1. The molecule has 1 unspecified atom stereocenters. The zero-order valence-electron chi connectivity index (χ0n) is 15.8. The molecule has 2 aromatic rings. The number of likely N-dealkylation sites (tertiary alicyclic amines) is 1. The molecule has 1 fully saturated rings. The van der Waals surface area contributed by atoms with Crippen LogP contribution in [0.2, 0.25) is 0 Å². The number of hydrogen-bond acceptors (Lipinski definition) is 4. The van der Waals surface area contributed by atoms with Gasteiger partial charge in [0.2, 0.25) is 5.91 Å². The average Bonchev–Trinajstić information content (AvgIpc) is 2.95. The van der Waals surface area contributed by atoms with E-state index in [1.54, 1.807) is 0 Å². The second kappa shape index (κ2) is 8.99. The highest BCUT2D eigenvalue weighted by Gasteiger charge is 2.22. The van der Waals surface area contributed by atoms with Crippen LogP contribution in [-0.2, 0) is 17.6 Å². The summed E-state index contributed by atoms with van der Waals surface area (Å²) in [5.41, 5.74) is 3.12. The number of nitrogens with one attached hydrogen (secondary N) is 1. The van der Waals surface area contributed by atoms with Crippen LogP contribution in [0.5, 0.6) is 0 Å². The molecule has 5 nitrogen and oxygen atoms in total. The lowest BCUT2D eigenvalue weighted by Gasteiger charge is -2.33. The molecular formula is C21H29N3O2. The first-order valence-corrected chi connectivity index (χ1v) is 9.59. The van der Waals surface area contributed by atoms with Gasteiger partial charge >= 0.3 is 0 Å². The van der Waals surface area contributed by atoms with Gasteiger partial charge in [-0.25, -0.2) is 0 Å². The molecule has 3 rings (SSSR count). The lowest BCUT2D eigenvalue weighted by Crippen LogP contribution is -2.48. The minimum Gasteiger partial charge on any atom is -0.361 e. The van der Waals surface area contributed by atoms with E-state index in [9.17, 15) is 4.79 Å². The molecule has 5 heteroatoms. The second-order valence-electron chi connectivity index (χ2n) is 7.28. The zero-order valence-corrected chi connectivity index (χ0v) is 15.8.